The Balaban J connectivity index is 1.18. The molecule has 2 N–H and O–H groups in total. The third kappa shape index (κ3) is 14.0. The van der Waals surface area contributed by atoms with E-state index in [9.17, 15) is 10.2 Å². The van der Waals surface area contributed by atoms with Crippen molar-refractivity contribution in [3.63, 3.8) is 0 Å². The molecule has 8 heteroatoms. The number of oxime groups is 1. The van der Waals surface area contributed by atoms with Crippen molar-refractivity contribution in [2.45, 2.75) is 165 Å². The lowest BCUT2D eigenvalue weighted by atomic mass is 9.56. The molecule has 368 valence electrons. The van der Waals surface area contributed by atoms with Gasteiger partial charge in [0.05, 0.1) is 23.5 Å². The zero-order valence-corrected chi connectivity index (χ0v) is 42.0. The number of nitrogens with zero attached hydrogens (tertiary/aromatic N) is 1. The van der Waals surface area contributed by atoms with E-state index in [1.54, 1.807) is 0 Å². The molecule has 4 aromatic rings. The second kappa shape index (κ2) is 27.9. The molecule has 4 aromatic carbocycles. The van der Waals surface area contributed by atoms with Crippen molar-refractivity contribution in [1.82, 2.24) is 0 Å². The van der Waals surface area contributed by atoms with Gasteiger partial charge in [0.25, 0.3) is 0 Å². The normalized spacial score (nSPS) is 22.3. The van der Waals surface area contributed by atoms with Crippen molar-refractivity contribution in [3.05, 3.63) is 126 Å². The molecular weight excluding hydrogens is 863 g/mol. The van der Waals surface area contributed by atoms with Gasteiger partial charge < -0.3 is 29.3 Å². The van der Waals surface area contributed by atoms with Crippen LogP contribution in [0, 0.1) is 17.8 Å². The van der Waals surface area contributed by atoms with E-state index in [1.165, 1.54) is 88.9 Å². The van der Waals surface area contributed by atoms with Gasteiger partial charge in [-0.25, -0.2) is 0 Å². The van der Waals surface area contributed by atoms with E-state index in [1.807, 2.05) is 48.2 Å². The first kappa shape index (κ1) is 51.8. The molecule has 0 radical (unpaired) electrons. The molecular formula is C60H81NO6S. The van der Waals surface area contributed by atoms with Gasteiger partial charge in [0.2, 0.25) is 5.79 Å². The molecule has 68 heavy (non-hydrogen) atoms. The number of thioether (sulfide) groups is 1. The lowest BCUT2D eigenvalue weighted by Crippen LogP contribution is -2.64. The van der Waals surface area contributed by atoms with Gasteiger partial charge >= 0.3 is 0 Å². The highest BCUT2D eigenvalue weighted by Crippen LogP contribution is 2.63. The zero-order chi connectivity index (χ0) is 47.2. The van der Waals surface area contributed by atoms with Crippen molar-refractivity contribution in [2.75, 3.05) is 25.6 Å². The smallest absolute Gasteiger partial charge is 0.230 e. The maximum absolute atomic E-state index is 10.1. The maximum Gasteiger partial charge on any atom is 0.230 e. The van der Waals surface area contributed by atoms with E-state index in [4.69, 9.17) is 24.2 Å². The lowest BCUT2D eigenvalue weighted by Gasteiger charge is -2.58. The molecule has 1 saturated carbocycles. The molecule has 2 aliphatic carbocycles. The summed E-state index contributed by atoms with van der Waals surface area (Å²) in [6.45, 7) is 7.51. The second-order valence-corrected chi connectivity index (χ2v) is 20.9. The number of hydrogen-bond acceptors (Lipinski definition) is 8. The fourth-order valence-electron chi connectivity index (χ4n) is 11.2. The number of ether oxygens (including phenoxy) is 3. The Morgan fingerprint density at radius 1 is 0.721 bits per heavy atom. The van der Waals surface area contributed by atoms with Crippen molar-refractivity contribution in [1.29, 1.82) is 0 Å². The summed E-state index contributed by atoms with van der Waals surface area (Å²) in [7, 11) is 0. The molecule has 0 amide bonds. The number of aliphatic hydroxyl groups is 2. The van der Waals surface area contributed by atoms with E-state index in [2.05, 4.69) is 80.2 Å². The van der Waals surface area contributed by atoms with Crippen LogP contribution in [0.2, 0.25) is 0 Å². The molecule has 1 heterocycles. The Kier molecular flexibility index (Phi) is 21.3. The first-order chi connectivity index (χ1) is 33.6. The Hall–Kier alpha value is -4.08. The number of unbranched alkanes of at least 4 members (excludes halogenated alkanes) is 15. The van der Waals surface area contributed by atoms with Crippen LogP contribution in [0.5, 0.6) is 17.2 Å². The number of fused-ring (bicyclic) bond motifs is 3. The van der Waals surface area contributed by atoms with Crippen LogP contribution in [0.4, 0.5) is 0 Å². The minimum absolute atomic E-state index is 0.00493. The quantitative estimate of drug-likeness (QED) is 0.0286. The number of rotatable bonds is 32. The first-order valence-electron chi connectivity index (χ1n) is 26.6. The van der Waals surface area contributed by atoms with Gasteiger partial charge in [-0.15, -0.1) is 6.58 Å². The highest BCUT2D eigenvalue weighted by atomic mass is 32.2. The Bertz CT molecular complexity index is 2170. The molecule has 7 rings (SSSR count). The molecule has 0 aromatic heterocycles. The van der Waals surface area contributed by atoms with Crippen LogP contribution in [0.25, 0.3) is 10.8 Å². The second-order valence-electron chi connectivity index (χ2n) is 19.6. The molecule has 7 nitrogen and oxygen atoms in total. The molecule has 1 aliphatic heterocycles. The number of allylic oxidation sites excluding steroid dienone is 1. The third-order valence-electron chi connectivity index (χ3n) is 14.6. The lowest BCUT2D eigenvalue weighted by molar-refractivity contribution is -0.223. The van der Waals surface area contributed by atoms with Crippen LogP contribution >= 0.6 is 11.8 Å². The monoisotopic (exact) mass is 944 g/mol. The molecule has 3 aliphatic rings. The fourth-order valence-corrected chi connectivity index (χ4v) is 12.6. The standard InChI is InChI=1S/C60H81NO6S/c1-3-5-6-7-8-9-10-11-12-13-14-15-16-26-40-68-57-44-55(61-65-45-46-27-18-17-19-28-46)53-42-49(31-22-24-37-62)52(32-23-25-38-63)58-54-43-51(66-50-34-33-47-29-20-21-30-48(47)41-50)35-36-56(54)67-60(57,59(53)58)64-39-4-2/h4,17-21,27-30,33-36,41-43,49,52,57-59,62-63H,2-3,5-16,22-26,31-32,37-40,44-45H2,1H3. The van der Waals surface area contributed by atoms with Crippen LogP contribution in [0.15, 0.2) is 120 Å². The van der Waals surface area contributed by atoms with Crippen LogP contribution in [-0.2, 0) is 16.2 Å². The van der Waals surface area contributed by atoms with Gasteiger partial charge in [-0.3, -0.25) is 0 Å². The molecule has 6 unspecified atom stereocenters. The van der Waals surface area contributed by atoms with E-state index >= 15 is 0 Å². The summed E-state index contributed by atoms with van der Waals surface area (Å²) >= 11 is 1.98. The summed E-state index contributed by atoms with van der Waals surface area (Å²) in [5, 5.41) is 27.3. The number of benzene rings is 4. The minimum Gasteiger partial charge on any atom is -0.460 e. The number of aliphatic hydroxyl groups excluding tert-OH is 2. The predicted octanol–water partition coefficient (Wildman–Crippen LogP) is 15.7. The molecule has 0 spiro atoms. The van der Waals surface area contributed by atoms with E-state index < -0.39 is 5.79 Å². The summed E-state index contributed by atoms with van der Waals surface area (Å²) in [6.07, 6.45) is 29.0. The van der Waals surface area contributed by atoms with Gasteiger partial charge in [0, 0.05) is 31.1 Å². The largest absolute Gasteiger partial charge is 0.460 e. The maximum atomic E-state index is 10.1. The Morgan fingerprint density at radius 2 is 1.37 bits per heavy atom. The highest BCUT2D eigenvalue weighted by Gasteiger charge is 2.64. The Morgan fingerprint density at radius 3 is 2.07 bits per heavy atom. The Labute approximate surface area is 413 Å². The van der Waals surface area contributed by atoms with Crippen molar-refractivity contribution in [2.24, 2.45) is 22.9 Å². The number of hydrogen-bond donors (Lipinski definition) is 2. The fraction of sp³-hybridized carbons (Fsp3) is 0.550. The summed E-state index contributed by atoms with van der Waals surface area (Å²) in [6, 6.07) is 31.3. The van der Waals surface area contributed by atoms with Gasteiger partial charge in [-0.2, -0.15) is 11.8 Å². The minimum atomic E-state index is -0.983. The topological polar surface area (TPSA) is 89.7 Å². The summed E-state index contributed by atoms with van der Waals surface area (Å²) in [5.41, 5.74) is 4.33. The first-order valence-corrected chi connectivity index (χ1v) is 27.7. The van der Waals surface area contributed by atoms with Gasteiger partial charge in [-0.1, -0.05) is 181 Å². The van der Waals surface area contributed by atoms with Gasteiger partial charge in [0.1, 0.15) is 23.9 Å². The average Bonchev–Trinajstić information content (AvgIpc) is 3.36. The van der Waals surface area contributed by atoms with Crippen LogP contribution in [0.1, 0.15) is 159 Å². The molecule has 6 atom stereocenters. The summed E-state index contributed by atoms with van der Waals surface area (Å²) in [4.78, 5) is 6.31. The van der Waals surface area contributed by atoms with E-state index in [-0.39, 0.29) is 42.1 Å². The van der Waals surface area contributed by atoms with E-state index in [0.717, 1.165) is 95.7 Å². The molecule has 0 saturated heterocycles. The van der Waals surface area contributed by atoms with Crippen molar-refractivity contribution >= 4 is 28.2 Å². The predicted molar refractivity (Wildman–Crippen MR) is 283 cm³/mol. The average molecular weight is 944 g/mol. The van der Waals surface area contributed by atoms with Gasteiger partial charge in [0.15, 0.2) is 0 Å². The highest BCUT2D eigenvalue weighted by molar-refractivity contribution is 8.00. The van der Waals surface area contributed by atoms with Crippen LogP contribution < -0.4 is 9.47 Å². The zero-order valence-electron chi connectivity index (χ0n) is 41.2. The van der Waals surface area contributed by atoms with Gasteiger partial charge in [-0.05, 0) is 102 Å². The van der Waals surface area contributed by atoms with E-state index in [0.29, 0.717) is 19.6 Å². The third-order valence-corrected chi connectivity index (χ3v) is 16.1. The van der Waals surface area contributed by atoms with Crippen molar-refractivity contribution in [3.8, 4) is 17.2 Å². The summed E-state index contributed by atoms with van der Waals surface area (Å²) in [5.74, 6) is 2.68. The molecule has 0 bridgehead atoms. The summed E-state index contributed by atoms with van der Waals surface area (Å²) < 4.78 is 21.4. The van der Waals surface area contributed by atoms with Crippen LogP contribution in [0.3, 0.4) is 0 Å². The molecule has 1 fully saturated rings. The van der Waals surface area contributed by atoms with Crippen LogP contribution in [-0.4, -0.2) is 52.5 Å². The SMILES string of the molecule is C=CCOC12Oc3ccc(Oc4ccc5ccccc5c4)cc3C3C(CCCCO)C(CCCCO)C=C(C(=NOCc4ccccc4)CC1SCCCCCCCCCCCCCCCC)C32. The van der Waals surface area contributed by atoms with Crippen molar-refractivity contribution < 1.29 is 29.3 Å².